The van der Waals surface area contributed by atoms with E-state index >= 15 is 0 Å². The van der Waals surface area contributed by atoms with Gasteiger partial charge in [0.15, 0.2) is 0 Å². The van der Waals surface area contributed by atoms with Crippen LogP contribution in [0.3, 0.4) is 0 Å². The Morgan fingerprint density at radius 2 is 2.00 bits per heavy atom. The SMILES string of the molecule is CCCC(C)CCc1cc(=O)[nH]c2cc(OS(N)(=O)=O)ccc12. The predicted octanol–water partition coefficient (Wildman–Crippen LogP) is 2.48. The van der Waals surface area contributed by atoms with E-state index in [0.29, 0.717) is 11.4 Å². The Kier molecular flexibility index (Phi) is 5.43. The van der Waals surface area contributed by atoms with Gasteiger partial charge in [-0.1, -0.05) is 26.7 Å². The van der Waals surface area contributed by atoms with Gasteiger partial charge in [0.1, 0.15) is 5.75 Å². The molecule has 0 aliphatic heterocycles. The van der Waals surface area contributed by atoms with Crippen LogP contribution in [-0.2, 0) is 16.7 Å². The second-order valence-electron chi connectivity index (χ2n) is 5.87. The molecule has 1 aromatic heterocycles. The van der Waals surface area contributed by atoms with Crippen molar-refractivity contribution in [2.75, 3.05) is 0 Å². The lowest BCUT2D eigenvalue weighted by Crippen LogP contribution is -2.19. The van der Waals surface area contributed by atoms with Crippen LogP contribution < -0.4 is 14.9 Å². The number of aromatic amines is 1. The molecule has 1 heterocycles. The standard InChI is InChI=1S/C16H22N2O4S/c1-3-4-11(2)5-6-12-9-16(19)18-15-10-13(7-8-14(12)15)22-23(17,20)21/h7-11H,3-6H2,1-2H3,(H,18,19)(H2,17,20,21). The average Bonchev–Trinajstić information content (AvgIpc) is 2.42. The van der Waals surface area contributed by atoms with E-state index in [4.69, 9.17) is 5.14 Å². The fourth-order valence-corrected chi connectivity index (χ4v) is 3.12. The number of pyridine rings is 1. The number of H-pyrrole nitrogens is 1. The molecule has 126 valence electrons. The minimum atomic E-state index is -4.09. The van der Waals surface area contributed by atoms with Gasteiger partial charge in [0, 0.05) is 17.5 Å². The van der Waals surface area contributed by atoms with Gasteiger partial charge in [-0.05, 0) is 36.5 Å². The molecule has 1 unspecified atom stereocenters. The number of nitrogens with two attached hydrogens (primary N) is 1. The van der Waals surface area contributed by atoms with Gasteiger partial charge in [-0.25, -0.2) is 0 Å². The van der Waals surface area contributed by atoms with Crippen molar-refractivity contribution in [1.29, 1.82) is 0 Å². The third kappa shape index (κ3) is 5.07. The van der Waals surface area contributed by atoms with Crippen LogP contribution in [0.1, 0.15) is 38.7 Å². The summed E-state index contributed by atoms with van der Waals surface area (Å²) in [6.07, 6.45) is 4.11. The van der Waals surface area contributed by atoms with Crippen LogP contribution in [-0.4, -0.2) is 13.4 Å². The maximum atomic E-state index is 11.8. The van der Waals surface area contributed by atoms with Gasteiger partial charge >= 0.3 is 10.3 Å². The Hall–Kier alpha value is -1.86. The van der Waals surface area contributed by atoms with Crippen LogP contribution in [0.15, 0.2) is 29.1 Å². The summed E-state index contributed by atoms with van der Waals surface area (Å²) in [6.45, 7) is 4.36. The monoisotopic (exact) mass is 338 g/mol. The lowest BCUT2D eigenvalue weighted by atomic mass is 9.95. The Bertz CT molecular complexity index is 843. The number of nitrogens with one attached hydrogen (secondary N) is 1. The molecular formula is C16H22N2O4S. The number of aromatic nitrogens is 1. The van der Waals surface area contributed by atoms with E-state index in [1.54, 1.807) is 12.1 Å². The first-order valence-corrected chi connectivity index (χ1v) is 9.14. The summed E-state index contributed by atoms with van der Waals surface area (Å²) in [5.41, 5.74) is 1.27. The summed E-state index contributed by atoms with van der Waals surface area (Å²) in [5.74, 6) is 0.673. The molecule has 0 amide bonds. The Balaban J connectivity index is 2.33. The molecule has 0 bridgehead atoms. The largest absolute Gasteiger partial charge is 0.380 e. The van der Waals surface area contributed by atoms with Crippen molar-refractivity contribution in [2.45, 2.75) is 39.5 Å². The minimum Gasteiger partial charge on any atom is -0.371 e. The van der Waals surface area contributed by atoms with Gasteiger partial charge in [0.25, 0.3) is 0 Å². The second kappa shape index (κ2) is 7.14. The maximum absolute atomic E-state index is 11.8. The van der Waals surface area contributed by atoms with E-state index < -0.39 is 10.3 Å². The summed E-state index contributed by atoms with van der Waals surface area (Å²) < 4.78 is 26.6. The summed E-state index contributed by atoms with van der Waals surface area (Å²) in [5, 5.41) is 5.74. The fourth-order valence-electron chi connectivity index (χ4n) is 2.74. The lowest BCUT2D eigenvalue weighted by Gasteiger charge is -2.12. The summed E-state index contributed by atoms with van der Waals surface area (Å²) >= 11 is 0. The molecular weight excluding hydrogens is 316 g/mol. The zero-order chi connectivity index (χ0) is 17.0. The van der Waals surface area contributed by atoms with Crippen molar-refractivity contribution in [2.24, 2.45) is 11.1 Å². The number of hydrogen-bond donors (Lipinski definition) is 2. The maximum Gasteiger partial charge on any atom is 0.380 e. The van der Waals surface area contributed by atoms with E-state index in [1.807, 2.05) is 0 Å². The first-order chi connectivity index (χ1) is 10.8. The molecule has 0 saturated heterocycles. The average molecular weight is 338 g/mol. The Morgan fingerprint density at radius 1 is 1.26 bits per heavy atom. The number of fused-ring (bicyclic) bond motifs is 1. The molecule has 0 aliphatic rings. The minimum absolute atomic E-state index is 0.0761. The van der Waals surface area contributed by atoms with Gasteiger partial charge < -0.3 is 9.17 Å². The lowest BCUT2D eigenvalue weighted by molar-refractivity contribution is 0.486. The highest BCUT2D eigenvalue weighted by Gasteiger charge is 2.10. The van der Waals surface area contributed by atoms with Crippen molar-refractivity contribution in [3.8, 4) is 5.75 Å². The van der Waals surface area contributed by atoms with Crippen LogP contribution in [0.5, 0.6) is 5.75 Å². The molecule has 2 aromatic rings. The number of benzene rings is 1. The molecule has 1 aromatic carbocycles. The number of aryl methyl sites for hydroxylation is 1. The third-order valence-electron chi connectivity index (χ3n) is 3.80. The van der Waals surface area contributed by atoms with E-state index in [0.717, 1.165) is 36.6 Å². The predicted molar refractivity (Wildman–Crippen MR) is 90.7 cm³/mol. The molecule has 6 nitrogen and oxygen atoms in total. The van der Waals surface area contributed by atoms with Gasteiger partial charge in [-0.3, -0.25) is 4.79 Å². The fraction of sp³-hybridized carbons (Fsp3) is 0.438. The van der Waals surface area contributed by atoms with Crippen LogP contribution in [0.25, 0.3) is 10.9 Å². The van der Waals surface area contributed by atoms with E-state index in [2.05, 4.69) is 23.0 Å². The van der Waals surface area contributed by atoms with Crippen molar-refractivity contribution in [3.05, 3.63) is 40.2 Å². The normalized spacial score (nSPS) is 13.2. The van der Waals surface area contributed by atoms with Crippen molar-refractivity contribution >= 4 is 21.2 Å². The van der Waals surface area contributed by atoms with Gasteiger partial charge in [-0.15, -0.1) is 0 Å². The molecule has 0 saturated carbocycles. The van der Waals surface area contributed by atoms with Crippen molar-refractivity contribution in [1.82, 2.24) is 4.98 Å². The van der Waals surface area contributed by atoms with Crippen molar-refractivity contribution < 1.29 is 12.6 Å². The van der Waals surface area contributed by atoms with E-state index in [-0.39, 0.29) is 11.3 Å². The molecule has 23 heavy (non-hydrogen) atoms. The Morgan fingerprint density at radius 3 is 2.65 bits per heavy atom. The third-order valence-corrected chi connectivity index (χ3v) is 4.23. The topological polar surface area (TPSA) is 102 Å². The van der Waals surface area contributed by atoms with E-state index in [9.17, 15) is 13.2 Å². The molecule has 0 spiro atoms. The molecule has 2 rings (SSSR count). The smallest absolute Gasteiger partial charge is 0.371 e. The highest BCUT2D eigenvalue weighted by molar-refractivity contribution is 7.84. The number of hydrogen-bond acceptors (Lipinski definition) is 4. The zero-order valence-corrected chi connectivity index (χ0v) is 14.2. The Labute approximate surface area is 135 Å². The second-order valence-corrected chi connectivity index (χ2v) is 7.03. The first-order valence-electron chi connectivity index (χ1n) is 7.66. The molecule has 0 radical (unpaired) electrons. The zero-order valence-electron chi connectivity index (χ0n) is 13.3. The highest BCUT2D eigenvalue weighted by atomic mass is 32.2. The molecule has 0 fully saturated rings. The molecule has 7 heteroatoms. The quantitative estimate of drug-likeness (QED) is 0.809. The summed E-state index contributed by atoms with van der Waals surface area (Å²) in [4.78, 5) is 14.5. The summed E-state index contributed by atoms with van der Waals surface area (Å²) in [7, 11) is -4.09. The van der Waals surface area contributed by atoms with Crippen molar-refractivity contribution in [3.63, 3.8) is 0 Å². The first kappa shape index (κ1) is 17.5. The summed E-state index contributed by atoms with van der Waals surface area (Å²) in [6, 6.07) is 6.34. The highest BCUT2D eigenvalue weighted by Crippen LogP contribution is 2.24. The van der Waals surface area contributed by atoms with E-state index in [1.165, 1.54) is 12.1 Å². The molecule has 0 aliphatic carbocycles. The van der Waals surface area contributed by atoms with Crippen LogP contribution in [0.2, 0.25) is 0 Å². The van der Waals surface area contributed by atoms with Crippen LogP contribution >= 0.6 is 0 Å². The number of rotatable bonds is 7. The van der Waals surface area contributed by atoms with Gasteiger partial charge in [0.2, 0.25) is 5.56 Å². The van der Waals surface area contributed by atoms with Crippen LogP contribution in [0.4, 0.5) is 0 Å². The molecule has 1 atom stereocenters. The molecule has 3 N–H and O–H groups in total. The van der Waals surface area contributed by atoms with Gasteiger partial charge in [-0.2, -0.15) is 13.6 Å². The van der Waals surface area contributed by atoms with Crippen LogP contribution in [0, 0.1) is 5.92 Å². The van der Waals surface area contributed by atoms with Gasteiger partial charge in [0.05, 0.1) is 5.52 Å².